The molecular formula is C11H14N2O4S. The van der Waals surface area contributed by atoms with Crippen LogP contribution >= 0.6 is 11.3 Å². The molecule has 0 aliphatic rings. The van der Waals surface area contributed by atoms with Crippen LogP contribution in [0.2, 0.25) is 0 Å². The van der Waals surface area contributed by atoms with Crippen LogP contribution in [0.25, 0.3) is 0 Å². The predicted octanol–water partition coefficient (Wildman–Crippen LogP) is 0.457. The van der Waals surface area contributed by atoms with Gasteiger partial charge in [-0.05, 0) is 18.4 Å². The van der Waals surface area contributed by atoms with Gasteiger partial charge in [0.25, 0.3) is 5.91 Å². The van der Waals surface area contributed by atoms with Crippen molar-refractivity contribution in [1.29, 1.82) is 0 Å². The van der Waals surface area contributed by atoms with E-state index in [1.807, 2.05) is 0 Å². The van der Waals surface area contributed by atoms with Crippen molar-refractivity contribution in [2.75, 3.05) is 6.54 Å². The third-order valence-corrected chi connectivity index (χ3v) is 2.99. The lowest BCUT2D eigenvalue weighted by molar-refractivity contribution is -0.137. The van der Waals surface area contributed by atoms with Gasteiger partial charge in [0.2, 0.25) is 5.91 Å². The fourth-order valence-corrected chi connectivity index (χ4v) is 1.81. The molecule has 1 rings (SSSR count). The Hall–Kier alpha value is -1.89. The van der Waals surface area contributed by atoms with Crippen molar-refractivity contribution in [2.45, 2.75) is 19.4 Å². The highest BCUT2D eigenvalue weighted by Crippen LogP contribution is 2.07. The number of carboxylic acids is 1. The minimum atomic E-state index is -0.981. The summed E-state index contributed by atoms with van der Waals surface area (Å²) >= 11 is 1.29. The van der Waals surface area contributed by atoms with Crippen LogP contribution in [0, 0.1) is 0 Å². The molecule has 0 aromatic carbocycles. The number of thiophene rings is 1. The molecule has 2 amide bonds. The lowest BCUT2D eigenvalue weighted by Gasteiger charge is -2.12. The fourth-order valence-electron chi connectivity index (χ4n) is 1.19. The zero-order chi connectivity index (χ0) is 13.5. The molecule has 1 atom stereocenters. The van der Waals surface area contributed by atoms with Gasteiger partial charge in [-0.2, -0.15) is 0 Å². The Morgan fingerprint density at radius 1 is 1.44 bits per heavy atom. The second-order valence-electron chi connectivity index (χ2n) is 3.61. The average Bonchev–Trinajstić information content (AvgIpc) is 2.81. The molecular weight excluding hydrogens is 256 g/mol. The molecule has 0 fully saturated rings. The van der Waals surface area contributed by atoms with Crippen LogP contribution in [0.5, 0.6) is 0 Å². The van der Waals surface area contributed by atoms with Crippen molar-refractivity contribution in [3.8, 4) is 0 Å². The number of hydrogen-bond acceptors (Lipinski definition) is 4. The van der Waals surface area contributed by atoms with Crippen LogP contribution in [0.3, 0.4) is 0 Å². The summed E-state index contributed by atoms with van der Waals surface area (Å²) in [6, 6.07) is 2.71. The van der Waals surface area contributed by atoms with Crippen LogP contribution in [0.4, 0.5) is 0 Å². The van der Waals surface area contributed by atoms with E-state index in [4.69, 9.17) is 5.11 Å². The second-order valence-corrected chi connectivity index (χ2v) is 4.55. The van der Waals surface area contributed by atoms with Gasteiger partial charge in [-0.25, -0.2) is 0 Å². The summed E-state index contributed by atoms with van der Waals surface area (Å²) in [6.45, 7) is 1.59. The van der Waals surface area contributed by atoms with Crippen molar-refractivity contribution in [3.05, 3.63) is 22.4 Å². The molecule has 1 aromatic rings. The Labute approximate surface area is 108 Å². The molecule has 7 heteroatoms. The molecule has 0 saturated carbocycles. The van der Waals surface area contributed by atoms with E-state index in [0.717, 1.165) is 0 Å². The number of carboxylic acid groups (broad SMARTS) is 1. The predicted molar refractivity (Wildman–Crippen MR) is 66.5 cm³/mol. The number of nitrogens with one attached hydrogen (secondary N) is 2. The number of amides is 2. The van der Waals surface area contributed by atoms with E-state index >= 15 is 0 Å². The van der Waals surface area contributed by atoms with Gasteiger partial charge < -0.3 is 15.7 Å². The normalized spacial score (nSPS) is 11.6. The number of aliphatic carboxylic acids is 1. The van der Waals surface area contributed by atoms with Gasteiger partial charge in [0.15, 0.2) is 0 Å². The standard InChI is InChI=1S/C11H14N2O4S/c1-7(10(16)12-5-4-9(14)15)13-11(17)8-3-2-6-18-8/h2-3,6-7H,4-5H2,1H3,(H,12,16)(H,13,17)(H,14,15). The zero-order valence-corrected chi connectivity index (χ0v) is 10.6. The van der Waals surface area contributed by atoms with E-state index in [-0.39, 0.29) is 18.9 Å². The lowest BCUT2D eigenvalue weighted by Crippen LogP contribution is -2.45. The fraction of sp³-hybridized carbons (Fsp3) is 0.364. The van der Waals surface area contributed by atoms with Crippen LogP contribution < -0.4 is 10.6 Å². The minimum absolute atomic E-state index is 0.0490. The topological polar surface area (TPSA) is 95.5 Å². The smallest absolute Gasteiger partial charge is 0.305 e. The molecule has 1 heterocycles. The third-order valence-electron chi connectivity index (χ3n) is 2.12. The summed E-state index contributed by atoms with van der Waals surface area (Å²) in [6.07, 6.45) is -0.142. The van der Waals surface area contributed by atoms with E-state index in [9.17, 15) is 14.4 Å². The first kappa shape index (κ1) is 14.2. The van der Waals surface area contributed by atoms with Crippen molar-refractivity contribution in [2.24, 2.45) is 0 Å². The average molecular weight is 270 g/mol. The molecule has 0 spiro atoms. The van der Waals surface area contributed by atoms with E-state index < -0.39 is 17.9 Å². The second kappa shape index (κ2) is 6.75. The van der Waals surface area contributed by atoms with Crippen molar-refractivity contribution in [3.63, 3.8) is 0 Å². The van der Waals surface area contributed by atoms with E-state index in [1.54, 1.807) is 24.4 Å². The Balaban J connectivity index is 2.35. The van der Waals surface area contributed by atoms with Gasteiger partial charge in [0.1, 0.15) is 6.04 Å². The highest BCUT2D eigenvalue weighted by molar-refractivity contribution is 7.12. The lowest BCUT2D eigenvalue weighted by atomic mass is 10.3. The Kier molecular flexibility index (Phi) is 5.31. The van der Waals surface area contributed by atoms with E-state index in [2.05, 4.69) is 10.6 Å². The molecule has 0 aliphatic heterocycles. The molecule has 98 valence electrons. The first-order chi connectivity index (χ1) is 8.50. The molecule has 3 N–H and O–H groups in total. The number of rotatable bonds is 6. The third kappa shape index (κ3) is 4.54. The van der Waals surface area contributed by atoms with Gasteiger partial charge in [0, 0.05) is 6.54 Å². The highest BCUT2D eigenvalue weighted by atomic mass is 32.1. The molecule has 0 radical (unpaired) electrons. The van der Waals surface area contributed by atoms with Crippen molar-refractivity contribution < 1.29 is 19.5 Å². The quantitative estimate of drug-likeness (QED) is 0.699. The van der Waals surface area contributed by atoms with Gasteiger partial charge in [-0.3, -0.25) is 14.4 Å². The molecule has 0 bridgehead atoms. The van der Waals surface area contributed by atoms with Crippen LogP contribution in [-0.4, -0.2) is 35.5 Å². The first-order valence-electron chi connectivity index (χ1n) is 5.34. The van der Waals surface area contributed by atoms with Gasteiger partial charge in [0.05, 0.1) is 11.3 Å². The van der Waals surface area contributed by atoms with Crippen LogP contribution in [0.1, 0.15) is 23.0 Å². The summed E-state index contributed by atoms with van der Waals surface area (Å²) in [7, 11) is 0. The number of hydrogen-bond donors (Lipinski definition) is 3. The SMILES string of the molecule is CC(NC(=O)c1cccs1)C(=O)NCCC(=O)O. The van der Waals surface area contributed by atoms with E-state index in [1.165, 1.54) is 11.3 Å². The highest BCUT2D eigenvalue weighted by Gasteiger charge is 2.16. The zero-order valence-electron chi connectivity index (χ0n) is 9.80. The van der Waals surface area contributed by atoms with Crippen LogP contribution in [-0.2, 0) is 9.59 Å². The maximum atomic E-state index is 11.6. The van der Waals surface area contributed by atoms with Crippen molar-refractivity contribution in [1.82, 2.24) is 10.6 Å². The summed E-state index contributed by atoms with van der Waals surface area (Å²) in [5, 5.41) is 15.2. The summed E-state index contributed by atoms with van der Waals surface area (Å²) < 4.78 is 0. The van der Waals surface area contributed by atoms with Gasteiger partial charge >= 0.3 is 5.97 Å². The Bertz CT molecular complexity index is 430. The maximum Gasteiger partial charge on any atom is 0.305 e. The Morgan fingerprint density at radius 3 is 2.72 bits per heavy atom. The first-order valence-corrected chi connectivity index (χ1v) is 6.22. The number of carbonyl (C=O) groups excluding carboxylic acids is 2. The molecule has 1 aromatic heterocycles. The molecule has 6 nitrogen and oxygen atoms in total. The monoisotopic (exact) mass is 270 g/mol. The van der Waals surface area contributed by atoms with Crippen LogP contribution in [0.15, 0.2) is 17.5 Å². The van der Waals surface area contributed by atoms with Crippen molar-refractivity contribution >= 4 is 29.1 Å². The molecule has 0 aliphatic carbocycles. The molecule has 18 heavy (non-hydrogen) atoms. The maximum absolute atomic E-state index is 11.6. The molecule has 0 saturated heterocycles. The van der Waals surface area contributed by atoms with E-state index in [0.29, 0.717) is 4.88 Å². The summed E-state index contributed by atoms with van der Waals surface area (Å²) in [5.74, 6) is -1.70. The summed E-state index contributed by atoms with van der Waals surface area (Å²) in [5.41, 5.74) is 0. The molecule has 1 unspecified atom stereocenters. The van der Waals surface area contributed by atoms with Gasteiger partial charge in [-0.1, -0.05) is 6.07 Å². The van der Waals surface area contributed by atoms with Gasteiger partial charge in [-0.15, -0.1) is 11.3 Å². The Morgan fingerprint density at radius 2 is 2.17 bits per heavy atom. The largest absolute Gasteiger partial charge is 0.481 e. The number of carbonyl (C=O) groups is 3. The summed E-state index contributed by atoms with van der Waals surface area (Å²) in [4.78, 5) is 33.9. The minimum Gasteiger partial charge on any atom is -0.481 e.